The number of carbonyl (C=O) groups is 2. The molecule has 0 aliphatic rings. The summed E-state index contributed by atoms with van der Waals surface area (Å²) < 4.78 is 10.5. The fraction of sp³-hybridized carbons (Fsp3) is 0.263. The predicted octanol–water partition coefficient (Wildman–Crippen LogP) is 4.13. The molecule has 4 heteroatoms. The molecule has 2 aromatic rings. The Morgan fingerprint density at radius 3 is 2.22 bits per heavy atom. The molecule has 2 aromatic carbocycles. The van der Waals surface area contributed by atoms with Crippen molar-refractivity contribution in [2.24, 2.45) is 0 Å². The van der Waals surface area contributed by atoms with Gasteiger partial charge < -0.3 is 9.47 Å². The lowest BCUT2D eigenvalue weighted by molar-refractivity contribution is 0.00695. The number of aldehydes is 1. The van der Waals surface area contributed by atoms with E-state index in [0.29, 0.717) is 16.9 Å². The molecule has 0 N–H and O–H groups in total. The van der Waals surface area contributed by atoms with Gasteiger partial charge in [0.15, 0.2) is 6.29 Å². The first-order valence-electron chi connectivity index (χ1n) is 7.31. The molecule has 0 aliphatic heterocycles. The highest BCUT2D eigenvalue weighted by Gasteiger charge is 2.18. The summed E-state index contributed by atoms with van der Waals surface area (Å²) in [5.74, 6) is 0.260. The fourth-order valence-electron chi connectivity index (χ4n) is 2.15. The van der Waals surface area contributed by atoms with Crippen LogP contribution in [-0.2, 0) is 4.74 Å². The lowest BCUT2D eigenvalue weighted by atomic mass is 9.99. The first kappa shape index (κ1) is 16.7. The Bertz CT molecular complexity index is 709. The molecule has 120 valence electrons. The molecule has 0 fully saturated rings. The van der Waals surface area contributed by atoms with Gasteiger partial charge in [0.2, 0.25) is 0 Å². The Labute approximate surface area is 136 Å². The van der Waals surface area contributed by atoms with Crippen molar-refractivity contribution < 1.29 is 19.1 Å². The number of methoxy groups -OCH3 is 1. The van der Waals surface area contributed by atoms with E-state index in [2.05, 4.69) is 0 Å². The number of benzene rings is 2. The first-order chi connectivity index (χ1) is 10.8. The van der Waals surface area contributed by atoms with E-state index < -0.39 is 5.60 Å². The molecule has 0 aliphatic carbocycles. The summed E-state index contributed by atoms with van der Waals surface area (Å²) in [6.07, 6.45) is 0.791. The van der Waals surface area contributed by atoms with Gasteiger partial charge in [0, 0.05) is 5.56 Å². The molecule has 0 saturated heterocycles. The summed E-state index contributed by atoms with van der Waals surface area (Å²) in [6.45, 7) is 5.48. The van der Waals surface area contributed by atoms with Crippen LogP contribution in [0.1, 0.15) is 41.5 Å². The molecule has 4 nitrogen and oxygen atoms in total. The monoisotopic (exact) mass is 312 g/mol. The van der Waals surface area contributed by atoms with Crippen LogP contribution in [0.5, 0.6) is 5.75 Å². The van der Waals surface area contributed by atoms with Crippen LogP contribution < -0.4 is 4.74 Å². The number of esters is 1. The Kier molecular flexibility index (Phi) is 4.84. The maximum absolute atomic E-state index is 12.0. The van der Waals surface area contributed by atoms with Gasteiger partial charge in [-0.05, 0) is 62.2 Å². The van der Waals surface area contributed by atoms with Crippen LogP contribution in [0.15, 0.2) is 42.5 Å². The molecule has 0 spiro atoms. The van der Waals surface area contributed by atoms with Gasteiger partial charge in [-0.1, -0.05) is 12.1 Å². The summed E-state index contributed by atoms with van der Waals surface area (Å²) in [5.41, 5.74) is 2.12. The van der Waals surface area contributed by atoms with Gasteiger partial charge in [-0.25, -0.2) is 4.79 Å². The van der Waals surface area contributed by atoms with Crippen molar-refractivity contribution in [3.05, 3.63) is 53.6 Å². The number of rotatable bonds is 4. The largest absolute Gasteiger partial charge is 0.497 e. The quantitative estimate of drug-likeness (QED) is 0.629. The van der Waals surface area contributed by atoms with Crippen LogP contribution in [0.4, 0.5) is 0 Å². The SMILES string of the molecule is COc1ccc(-c2ccc(C(=O)OC(C)(C)C)cc2)c(C=O)c1. The van der Waals surface area contributed by atoms with Crippen molar-refractivity contribution in [1.29, 1.82) is 0 Å². The van der Waals surface area contributed by atoms with Gasteiger partial charge in [-0.3, -0.25) is 4.79 Å². The van der Waals surface area contributed by atoms with E-state index in [4.69, 9.17) is 9.47 Å². The maximum Gasteiger partial charge on any atom is 0.338 e. The standard InChI is InChI=1S/C19H20O4/c1-19(2,3)23-18(21)14-7-5-13(6-8-14)17-10-9-16(22-4)11-15(17)12-20/h5-12H,1-4H3. The Hall–Kier alpha value is -2.62. The third-order valence-electron chi connectivity index (χ3n) is 3.22. The van der Waals surface area contributed by atoms with Crippen molar-refractivity contribution in [3.63, 3.8) is 0 Å². The average Bonchev–Trinajstić information content (AvgIpc) is 2.52. The minimum atomic E-state index is -0.531. The minimum absolute atomic E-state index is 0.366. The molecule has 0 atom stereocenters. The second-order valence-corrected chi connectivity index (χ2v) is 6.15. The Morgan fingerprint density at radius 1 is 1.04 bits per heavy atom. The lowest BCUT2D eigenvalue weighted by Gasteiger charge is -2.19. The summed E-state index contributed by atoms with van der Waals surface area (Å²) in [4.78, 5) is 23.3. The molecule has 23 heavy (non-hydrogen) atoms. The van der Waals surface area contributed by atoms with E-state index in [1.807, 2.05) is 26.8 Å². The predicted molar refractivity (Wildman–Crippen MR) is 89.0 cm³/mol. The summed E-state index contributed by atoms with van der Waals surface area (Å²) >= 11 is 0. The van der Waals surface area contributed by atoms with E-state index in [1.165, 1.54) is 0 Å². The van der Waals surface area contributed by atoms with Gasteiger partial charge >= 0.3 is 5.97 Å². The summed E-state index contributed by atoms with van der Waals surface area (Å²) in [6, 6.07) is 12.3. The van der Waals surface area contributed by atoms with Crippen LogP contribution >= 0.6 is 0 Å². The third-order valence-corrected chi connectivity index (χ3v) is 3.22. The number of hydrogen-bond donors (Lipinski definition) is 0. The van der Waals surface area contributed by atoms with Crippen molar-refractivity contribution in [2.75, 3.05) is 7.11 Å². The van der Waals surface area contributed by atoms with Crippen molar-refractivity contribution in [2.45, 2.75) is 26.4 Å². The van der Waals surface area contributed by atoms with Gasteiger partial charge in [-0.2, -0.15) is 0 Å². The number of ether oxygens (including phenoxy) is 2. The van der Waals surface area contributed by atoms with Gasteiger partial charge in [-0.15, -0.1) is 0 Å². The molecule has 0 aromatic heterocycles. The molecule has 0 bridgehead atoms. The second-order valence-electron chi connectivity index (χ2n) is 6.15. The van der Waals surface area contributed by atoms with Gasteiger partial charge in [0.1, 0.15) is 11.4 Å². The second kappa shape index (κ2) is 6.65. The molecular weight excluding hydrogens is 292 g/mol. The van der Waals surface area contributed by atoms with Crippen LogP contribution in [0.3, 0.4) is 0 Å². The molecule has 0 heterocycles. The molecule has 0 saturated carbocycles. The van der Waals surface area contributed by atoms with Crippen LogP contribution in [0, 0.1) is 0 Å². The zero-order valence-electron chi connectivity index (χ0n) is 13.8. The van der Waals surface area contributed by atoms with E-state index in [0.717, 1.165) is 17.4 Å². The molecule has 0 amide bonds. The zero-order valence-corrected chi connectivity index (χ0v) is 13.8. The van der Waals surface area contributed by atoms with Crippen molar-refractivity contribution in [1.82, 2.24) is 0 Å². The summed E-state index contributed by atoms with van der Waals surface area (Å²) in [7, 11) is 1.55. The topological polar surface area (TPSA) is 52.6 Å². The first-order valence-corrected chi connectivity index (χ1v) is 7.31. The molecule has 2 rings (SSSR count). The molecule has 0 radical (unpaired) electrons. The van der Waals surface area contributed by atoms with E-state index >= 15 is 0 Å². The summed E-state index contributed by atoms with van der Waals surface area (Å²) in [5, 5.41) is 0. The molecule has 0 unspecified atom stereocenters. The highest BCUT2D eigenvalue weighted by atomic mass is 16.6. The van der Waals surface area contributed by atoms with E-state index in [1.54, 1.807) is 43.5 Å². The smallest absolute Gasteiger partial charge is 0.338 e. The lowest BCUT2D eigenvalue weighted by Crippen LogP contribution is -2.23. The Balaban J connectivity index is 2.30. The minimum Gasteiger partial charge on any atom is -0.497 e. The molecular formula is C19H20O4. The highest BCUT2D eigenvalue weighted by molar-refractivity contribution is 5.92. The van der Waals surface area contributed by atoms with E-state index in [9.17, 15) is 9.59 Å². The number of carbonyl (C=O) groups excluding carboxylic acids is 2. The van der Waals surface area contributed by atoms with Gasteiger partial charge in [0.25, 0.3) is 0 Å². The van der Waals surface area contributed by atoms with Crippen molar-refractivity contribution in [3.8, 4) is 16.9 Å². The fourth-order valence-corrected chi connectivity index (χ4v) is 2.15. The van der Waals surface area contributed by atoms with Crippen LogP contribution in [-0.4, -0.2) is 25.0 Å². The third kappa shape index (κ3) is 4.19. The maximum atomic E-state index is 12.0. The van der Waals surface area contributed by atoms with Crippen molar-refractivity contribution >= 4 is 12.3 Å². The normalized spacial score (nSPS) is 11.0. The Morgan fingerprint density at radius 2 is 1.70 bits per heavy atom. The highest BCUT2D eigenvalue weighted by Crippen LogP contribution is 2.27. The average molecular weight is 312 g/mol. The van der Waals surface area contributed by atoms with E-state index in [-0.39, 0.29) is 5.97 Å². The van der Waals surface area contributed by atoms with Crippen LogP contribution in [0.25, 0.3) is 11.1 Å². The van der Waals surface area contributed by atoms with Crippen LogP contribution in [0.2, 0.25) is 0 Å². The zero-order chi connectivity index (χ0) is 17.0. The number of hydrogen-bond acceptors (Lipinski definition) is 4. The van der Waals surface area contributed by atoms with Gasteiger partial charge in [0.05, 0.1) is 12.7 Å².